The van der Waals surface area contributed by atoms with Gasteiger partial charge in [0.05, 0.1) is 17.8 Å². The van der Waals surface area contributed by atoms with Crippen molar-refractivity contribution in [1.29, 1.82) is 0 Å². The maximum absolute atomic E-state index is 12.4. The Balaban J connectivity index is 1.20. The van der Waals surface area contributed by atoms with Crippen LogP contribution in [0.5, 0.6) is 5.75 Å². The molecule has 0 aliphatic carbocycles. The second-order valence-corrected chi connectivity index (χ2v) is 9.68. The van der Waals surface area contributed by atoms with Crippen LogP contribution in [0, 0.1) is 6.92 Å². The minimum Gasteiger partial charge on any atom is -0.495 e. The van der Waals surface area contributed by atoms with Gasteiger partial charge in [0, 0.05) is 22.3 Å². The molecular weight excluding hydrogens is 557 g/mol. The molecule has 0 spiro atoms. The van der Waals surface area contributed by atoms with E-state index < -0.39 is 5.91 Å². The van der Waals surface area contributed by atoms with E-state index >= 15 is 0 Å². The van der Waals surface area contributed by atoms with Crippen molar-refractivity contribution in [2.24, 2.45) is 0 Å². The van der Waals surface area contributed by atoms with Crippen molar-refractivity contribution in [2.75, 3.05) is 12.4 Å². The number of thiocarbonyl (C=S) groups is 1. The fourth-order valence-corrected chi connectivity index (χ4v) is 4.36. The molecule has 3 aromatic carbocycles. The molecule has 2 heterocycles. The molecule has 2 aromatic heterocycles. The lowest BCUT2D eigenvalue weighted by Crippen LogP contribution is -2.32. The van der Waals surface area contributed by atoms with Gasteiger partial charge in [0.1, 0.15) is 28.3 Å². The highest BCUT2D eigenvalue weighted by Gasteiger charge is 2.10. The van der Waals surface area contributed by atoms with Gasteiger partial charge in [-0.15, -0.1) is 10.2 Å². The maximum Gasteiger partial charge on any atom is 0.250 e. The van der Waals surface area contributed by atoms with Gasteiger partial charge < -0.3 is 14.5 Å². The van der Waals surface area contributed by atoms with E-state index in [1.165, 1.54) is 10.9 Å². The van der Waals surface area contributed by atoms with Gasteiger partial charge in [-0.1, -0.05) is 35.3 Å². The minimum absolute atomic E-state index is 0.132. The van der Waals surface area contributed by atoms with Crippen molar-refractivity contribution in [1.82, 2.24) is 20.3 Å². The molecule has 39 heavy (non-hydrogen) atoms. The zero-order valence-electron chi connectivity index (χ0n) is 20.7. The van der Waals surface area contributed by atoms with Crippen LogP contribution in [0.3, 0.4) is 0 Å². The third kappa shape index (κ3) is 6.12. The third-order valence-corrected chi connectivity index (χ3v) is 6.63. The average molecular weight is 578 g/mol. The first-order valence-electron chi connectivity index (χ1n) is 11.7. The molecule has 8 nitrogen and oxygen atoms in total. The number of methoxy groups -OCH3 is 1. The summed E-state index contributed by atoms with van der Waals surface area (Å²) < 4.78 is 11.0. The van der Waals surface area contributed by atoms with E-state index in [4.69, 9.17) is 44.6 Å². The Kier molecular flexibility index (Phi) is 7.65. The second kappa shape index (κ2) is 11.3. The van der Waals surface area contributed by atoms with Crippen LogP contribution in [0.25, 0.3) is 34.1 Å². The van der Waals surface area contributed by atoms with Crippen LogP contribution in [0.2, 0.25) is 10.0 Å². The number of amides is 1. The molecule has 0 aliphatic heterocycles. The quantitative estimate of drug-likeness (QED) is 0.169. The molecule has 11 heteroatoms. The van der Waals surface area contributed by atoms with Crippen LogP contribution >= 0.6 is 35.4 Å². The van der Waals surface area contributed by atoms with Gasteiger partial charge in [-0.25, -0.2) is 0 Å². The molecule has 196 valence electrons. The standard InChI is InChI=1S/C28H21Cl2N5O3S/c1-16-3-4-17(13-21(16)29)25-11-7-20(38-25)8-12-27(36)32-28(39)31-18-5-9-23-24(14-18)34-35(33-23)19-6-10-26(37-2)22(30)15-19/h3-15H,1-2H3,(H2,31,32,36,39)/b12-8+. The van der Waals surface area contributed by atoms with Crippen LogP contribution in [0.1, 0.15) is 11.3 Å². The van der Waals surface area contributed by atoms with Crippen LogP contribution < -0.4 is 15.4 Å². The number of rotatable bonds is 6. The van der Waals surface area contributed by atoms with E-state index in [0.717, 1.165) is 11.1 Å². The number of anilines is 1. The molecule has 0 atom stereocenters. The summed E-state index contributed by atoms with van der Waals surface area (Å²) in [5.41, 5.74) is 4.47. The maximum atomic E-state index is 12.4. The van der Waals surface area contributed by atoms with Gasteiger partial charge in [-0.2, -0.15) is 4.80 Å². The van der Waals surface area contributed by atoms with Crippen molar-refractivity contribution in [3.63, 3.8) is 0 Å². The van der Waals surface area contributed by atoms with Crippen LogP contribution in [-0.2, 0) is 4.79 Å². The molecule has 5 rings (SSSR count). The number of fused-ring (bicyclic) bond motifs is 1. The number of hydrogen-bond donors (Lipinski definition) is 2. The topological polar surface area (TPSA) is 94.2 Å². The van der Waals surface area contributed by atoms with E-state index in [0.29, 0.717) is 49.7 Å². The molecular formula is C28H21Cl2N5O3S. The van der Waals surface area contributed by atoms with Crippen molar-refractivity contribution < 1.29 is 13.9 Å². The lowest BCUT2D eigenvalue weighted by Gasteiger charge is -2.07. The number of carbonyl (C=O) groups excluding carboxylic acids is 1. The number of carbonyl (C=O) groups is 1. The average Bonchev–Trinajstić information content (AvgIpc) is 3.56. The Labute approximate surface area is 239 Å². The summed E-state index contributed by atoms with van der Waals surface area (Å²) in [5.74, 6) is 1.32. The highest BCUT2D eigenvalue weighted by molar-refractivity contribution is 7.80. The predicted octanol–water partition coefficient (Wildman–Crippen LogP) is 6.83. The van der Waals surface area contributed by atoms with E-state index in [-0.39, 0.29) is 5.11 Å². The minimum atomic E-state index is -0.410. The highest BCUT2D eigenvalue weighted by Crippen LogP contribution is 2.28. The van der Waals surface area contributed by atoms with Gasteiger partial charge in [0.15, 0.2) is 5.11 Å². The Morgan fingerprint density at radius 1 is 1.00 bits per heavy atom. The summed E-state index contributed by atoms with van der Waals surface area (Å²) in [6, 6.07) is 19.9. The first-order valence-corrected chi connectivity index (χ1v) is 12.8. The Morgan fingerprint density at radius 2 is 1.82 bits per heavy atom. The van der Waals surface area contributed by atoms with Crippen LogP contribution in [0.15, 0.2) is 77.2 Å². The monoisotopic (exact) mass is 577 g/mol. The molecule has 5 aromatic rings. The zero-order valence-corrected chi connectivity index (χ0v) is 23.1. The van der Waals surface area contributed by atoms with Gasteiger partial charge >= 0.3 is 0 Å². The van der Waals surface area contributed by atoms with Gasteiger partial charge in [0.25, 0.3) is 0 Å². The summed E-state index contributed by atoms with van der Waals surface area (Å²) >= 11 is 17.7. The first-order chi connectivity index (χ1) is 18.8. The normalized spacial score (nSPS) is 11.2. The molecule has 0 aliphatic rings. The van der Waals surface area contributed by atoms with E-state index in [1.807, 2.05) is 37.3 Å². The number of furan rings is 1. The van der Waals surface area contributed by atoms with Crippen molar-refractivity contribution >= 4 is 69.2 Å². The lowest BCUT2D eigenvalue weighted by atomic mass is 10.1. The summed E-state index contributed by atoms with van der Waals surface area (Å²) in [6.45, 7) is 1.93. The van der Waals surface area contributed by atoms with E-state index in [2.05, 4.69) is 20.8 Å². The summed E-state index contributed by atoms with van der Waals surface area (Å²) in [5, 5.41) is 15.8. The Hall–Kier alpha value is -4.18. The molecule has 0 radical (unpaired) electrons. The number of hydrogen-bond acceptors (Lipinski definition) is 6. The summed E-state index contributed by atoms with van der Waals surface area (Å²) in [4.78, 5) is 13.9. The number of aryl methyl sites for hydroxylation is 1. The van der Waals surface area contributed by atoms with Gasteiger partial charge in [-0.3, -0.25) is 10.1 Å². The number of nitrogens with one attached hydrogen (secondary N) is 2. The fraction of sp³-hybridized carbons (Fsp3) is 0.0714. The van der Waals surface area contributed by atoms with Gasteiger partial charge in [0.2, 0.25) is 5.91 Å². The molecule has 0 saturated carbocycles. The largest absolute Gasteiger partial charge is 0.495 e. The summed E-state index contributed by atoms with van der Waals surface area (Å²) in [6.07, 6.45) is 2.90. The molecule has 0 unspecified atom stereocenters. The molecule has 1 amide bonds. The second-order valence-electron chi connectivity index (χ2n) is 8.45. The Morgan fingerprint density at radius 3 is 2.59 bits per heavy atom. The number of benzene rings is 3. The van der Waals surface area contributed by atoms with Crippen molar-refractivity contribution in [3.8, 4) is 22.8 Å². The highest BCUT2D eigenvalue weighted by atomic mass is 35.5. The van der Waals surface area contributed by atoms with Crippen molar-refractivity contribution in [3.05, 3.63) is 94.2 Å². The smallest absolute Gasteiger partial charge is 0.250 e. The number of aromatic nitrogens is 3. The summed E-state index contributed by atoms with van der Waals surface area (Å²) in [7, 11) is 1.55. The van der Waals surface area contributed by atoms with Crippen LogP contribution in [0.4, 0.5) is 5.69 Å². The lowest BCUT2D eigenvalue weighted by molar-refractivity contribution is -0.115. The fourth-order valence-electron chi connectivity index (χ4n) is 3.70. The van der Waals surface area contributed by atoms with E-state index in [9.17, 15) is 4.79 Å². The molecule has 0 saturated heterocycles. The van der Waals surface area contributed by atoms with Crippen LogP contribution in [-0.4, -0.2) is 33.1 Å². The third-order valence-electron chi connectivity index (χ3n) is 5.72. The first kappa shape index (κ1) is 26.4. The van der Waals surface area contributed by atoms with Crippen molar-refractivity contribution in [2.45, 2.75) is 6.92 Å². The molecule has 0 fully saturated rings. The molecule has 2 N–H and O–H groups in total. The van der Waals surface area contributed by atoms with E-state index in [1.54, 1.807) is 49.6 Å². The zero-order chi connectivity index (χ0) is 27.5. The number of halogens is 2. The Bertz CT molecular complexity index is 1740. The number of ether oxygens (including phenoxy) is 1. The number of nitrogens with zero attached hydrogens (tertiary/aromatic N) is 3. The van der Waals surface area contributed by atoms with Gasteiger partial charge in [-0.05, 0) is 85.4 Å². The predicted molar refractivity (Wildman–Crippen MR) is 158 cm³/mol. The molecule has 0 bridgehead atoms. The SMILES string of the molecule is COc1ccc(-n2nc3ccc(NC(=S)NC(=O)/C=C/c4ccc(-c5ccc(C)c(Cl)c5)o4)cc3n2)cc1Cl.